The number of imidazole rings is 1. The number of aryl methyl sites for hydroxylation is 1. The van der Waals surface area contributed by atoms with E-state index in [1.807, 2.05) is 19.3 Å². The second kappa shape index (κ2) is 4.99. The van der Waals surface area contributed by atoms with Crippen molar-refractivity contribution in [2.24, 2.45) is 0 Å². The quantitative estimate of drug-likeness (QED) is 0.764. The Bertz CT molecular complexity index is 420. The van der Waals surface area contributed by atoms with Gasteiger partial charge in [0.2, 0.25) is 0 Å². The summed E-state index contributed by atoms with van der Waals surface area (Å²) in [7, 11) is 0. The Morgan fingerprint density at radius 2 is 1.80 bits per heavy atom. The normalized spacial score (nSPS) is 9.73. The molecule has 1 aromatic carbocycles. The first kappa shape index (κ1) is 11.8. The fraction of sp³-hybridized carbons (Fsp3) is 0.250. The summed E-state index contributed by atoms with van der Waals surface area (Å²) in [6.07, 6.45) is 1.90. The van der Waals surface area contributed by atoms with Gasteiger partial charge < -0.3 is 4.57 Å². The molecule has 3 heteroatoms. The van der Waals surface area contributed by atoms with Gasteiger partial charge in [-0.15, -0.1) is 12.4 Å². The highest BCUT2D eigenvalue weighted by atomic mass is 35.5. The van der Waals surface area contributed by atoms with E-state index in [9.17, 15) is 0 Å². The minimum Gasteiger partial charge on any atom is -0.330 e. The zero-order chi connectivity index (χ0) is 9.97. The van der Waals surface area contributed by atoms with Gasteiger partial charge in [-0.1, -0.05) is 30.3 Å². The predicted octanol–water partition coefficient (Wildman–Crippen LogP) is 2.97. The highest BCUT2D eigenvalue weighted by molar-refractivity contribution is 5.85. The van der Waals surface area contributed by atoms with Gasteiger partial charge in [0.05, 0.1) is 12.0 Å². The Morgan fingerprint density at radius 3 is 2.33 bits per heavy atom. The van der Waals surface area contributed by atoms with Crippen molar-refractivity contribution in [2.45, 2.75) is 20.4 Å². The third-order valence-electron chi connectivity index (χ3n) is 2.54. The van der Waals surface area contributed by atoms with Crippen LogP contribution in [0.3, 0.4) is 0 Å². The predicted molar refractivity (Wildman–Crippen MR) is 64.5 cm³/mol. The summed E-state index contributed by atoms with van der Waals surface area (Å²) in [6.45, 7) is 5.05. The lowest BCUT2D eigenvalue weighted by Crippen LogP contribution is -2.00. The van der Waals surface area contributed by atoms with Gasteiger partial charge >= 0.3 is 0 Å². The molecule has 2 aromatic rings. The zero-order valence-electron chi connectivity index (χ0n) is 8.97. The van der Waals surface area contributed by atoms with E-state index in [0.29, 0.717) is 0 Å². The molecule has 80 valence electrons. The molecule has 15 heavy (non-hydrogen) atoms. The molecule has 0 bridgehead atoms. The molecule has 0 fully saturated rings. The van der Waals surface area contributed by atoms with Gasteiger partial charge in [-0.05, 0) is 19.4 Å². The second-order valence-corrected chi connectivity index (χ2v) is 3.53. The number of nitrogens with zero attached hydrogens (tertiary/aromatic N) is 2. The topological polar surface area (TPSA) is 17.8 Å². The smallest absolute Gasteiger partial charge is 0.0954 e. The summed E-state index contributed by atoms with van der Waals surface area (Å²) in [4.78, 5) is 4.28. The minimum atomic E-state index is 0. The number of benzene rings is 1. The van der Waals surface area contributed by atoms with Crippen molar-refractivity contribution in [2.75, 3.05) is 0 Å². The van der Waals surface area contributed by atoms with Crippen molar-refractivity contribution in [3.63, 3.8) is 0 Å². The van der Waals surface area contributed by atoms with Crippen molar-refractivity contribution in [3.8, 4) is 0 Å². The number of hydrogen-bond donors (Lipinski definition) is 0. The van der Waals surface area contributed by atoms with Crippen molar-refractivity contribution >= 4 is 12.4 Å². The summed E-state index contributed by atoms with van der Waals surface area (Å²) in [5.74, 6) is 0. The van der Waals surface area contributed by atoms with Gasteiger partial charge in [-0.3, -0.25) is 0 Å². The fourth-order valence-electron chi connectivity index (χ4n) is 1.48. The van der Waals surface area contributed by atoms with Gasteiger partial charge in [-0.2, -0.15) is 0 Å². The van der Waals surface area contributed by atoms with E-state index in [2.05, 4.69) is 40.7 Å². The van der Waals surface area contributed by atoms with Gasteiger partial charge in [0.15, 0.2) is 0 Å². The lowest BCUT2D eigenvalue weighted by atomic mass is 10.2. The summed E-state index contributed by atoms with van der Waals surface area (Å²) in [5, 5.41) is 0. The van der Waals surface area contributed by atoms with E-state index in [-0.39, 0.29) is 12.4 Å². The van der Waals surface area contributed by atoms with E-state index in [1.54, 1.807) is 0 Å². The standard InChI is InChI=1S/C12H14N2.ClH/c1-10-11(2)14(9-13-10)8-12-6-4-3-5-7-12;/h3-7,9H,8H2,1-2H3;1H. The van der Waals surface area contributed by atoms with E-state index in [0.717, 1.165) is 12.2 Å². The average Bonchev–Trinajstić information content (AvgIpc) is 2.52. The molecule has 2 rings (SSSR count). The van der Waals surface area contributed by atoms with Crippen LogP contribution in [-0.2, 0) is 6.54 Å². The Balaban J connectivity index is 0.00000112. The highest BCUT2D eigenvalue weighted by Crippen LogP contribution is 2.08. The molecule has 1 heterocycles. The molecule has 0 saturated heterocycles. The lowest BCUT2D eigenvalue weighted by Gasteiger charge is -2.04. The summed E-state index contributed by atoms with van der Waals surface area (Å²) < 4.78 is 2.17. The van der Waals surface area contributed by atoms with Crippen molar-refractivity contribution in [3.05, 3.63) is 53.6 Å². The Hall–Kier alpha value is -1.28. The third kappa shape index (κ3) is 2.60. The molecule has 2 nitrogen and oxygen atoms in total. The van der Waals surface area contributed by atoms with Gasteiger partial charge in [-0.25, -0.2) is 4.98 Å². The summed E-state index contributed by atoms with van der Waals surface area (Å²) in [5.41, 5.74) is 3.67. The summed E-state index contributed by atoms with van der Waals surface area (Å²) >= 11 is 0. The van der Waals surface area contributed by atoms with Crippen LogP contribution in [0.4, 0.5) is 0 Å². The van der Waals surface area contributed by atoms with Crippen LogP contribution in [0.25, 0.3) is 0 Å². The highest BCUT2D eigenvalue weighted by Gasteiger charge is 2.01. The molecule has 0 aliphatic heterocycles. The first-order valence-electron chi connectivity index (χ1n) is 4.79. The van der Waals surface area contributed by atoms with E-state index < -0.39 is 0 Å². The third-order valence-corrected chi connectivity index (χ3v) is 2.54. The van der Waals surface area contributed by atoms with Crippen LogP contribution in [0.1, 0.15) is 17.0 Å². The molecule has 0 aliphatic rings. The molecule has 0 aliphatic carbocycles. The van der Waals surface area contributed by atoms with Crippen LogP contribution in [0.2, 0.25) is 0 Å². The molecular formula is C12H15ClN2. The van der Waals surface area contributed by atoms with Crippen molar-refractivity contribution in [1.29, 1.82) is 0 Å². The fourth-order valence-corrected chi connectivity index (χ4v) is 1.48. The lowest BCUT2D eigenvalue weighted by molar-refractivity contribution is 0.769. The molecule has 1 aromatic heterocycles. The molecule has 0 amide bonds. The molecule has 0 atom stereocenters. The first-order valence-corrected chi connectivity index (χ1v) is 4.79. The SMILES string of the molecule is Cc1ncn(Cc2ccccc2)c1C.Cl. The number of rotatable bonds is 2. The summed E-state index contributed by atoms with van der Waals surface area (Å²) in [6, 6.07) is 10.4. The molecule has 0 saturated carbocycles. The monoisotopic (exact) mass is 222 g/mol. The number of aromatic nitrogens is 2. The molecular weight excluding hydrogens is 208 g/mol. The second-order valence-electron chi connectivity index (χ2n) is 3.53. The van der Waals surface area contributed by atoms with Gasteiger partial charge in [0.1, 0.15) is 0 Å². The maximum atomic E-state index is 4.28. The van der Waals surface area contributed by atoms with E-state index in [1.165, 1.54) is 11.3 Å². The maximum Gasteiger partial charge on any atom is 0.0954 e. The number of halogens is 1. The van der Waals surface area contributed by atoms with Crippen LogP contribution >= 0.6 is 12.4 Å². The Labute approximate surface area is 96.4 Å². The molecule has 0 radical (unpaired) electrons. The first-order chi connectivity index (χ1) is 6.77. The van der Waals surface area contributed by atoms with Crippen LogP contribution in [-0.4, -0.2) is 9.55 Å². The number of hydrogen-bond acceptors (Lipinski definition) is 1. The van der Waals surface area contributed by atoms with Crippen LogP contribution in [0.15, 0.2) is 36.7 Å². The molecule has 0 unspecified atom stereocenters. The minimum absolute atomic E-state index is 0. The Morgan fingerprint density at radius 1 is 1.13 bits per heavy atom. The maximum absolute atomic E-state index is 4.28. The van der Waals surface area contributed by atoms with Crippen molar-refractivity contribution < 1.29 is 0 Å². The van der Waals surface area contributed by atoms with E-state index >= 15 is 0 Å². The van der Waals surface area contributed by atoms with Crippen molar-refractivity contribution in [1.82, 2.24) is 9.55 Å². The van der Waals surface area contributed by atoms with Gasteiger partial charge in [0.25, 0.3) is 0 Å². The van der Waals surface area contributed by atoms with Gasteiger partial charge in [0, 0.05) is 12.2 Å². The molecule has 0 spiro atoms. The largest absolute Gasteiger partial charge is 0.330 e. The van der Waals surface area contributed by atoms with Crippen LogP contribution < -0.4 is 0 Å². The van der Waals surface area contributed by atoms with E-state index in [4.69, 9.17) is 0 Å². The molecule has 0 N–H and O–H groups in total. The zero-order valence-corrected chi connectivity index (χ0v) is 9.79. The van der Waals surface area contributed by atoms with Crippen LogP contribution in [0, 0.1) is 13.8 Å². The average molecular weight is 223 g/mol. The Kier molecular flexibility index (Phi) is 3.92. The van der Waals surface area contributed by atoms with Crippen LogP contribution in [0.5, 0.6) is 0 Å².